The number of hydrogen-bond acceptors (Lipinski definition) is 4. The van der Waals surface area contributed by atoms with Gasteiger partial charge in [0.1, 0.15) is 5.75 Å². The molecule has 16 heavy (non-hydrogen) atoms. The molecule has 0 aliphatic heterocycles. The van der Waals surface area contributed by atoms with Gasteiger partial charge >= 0.3 is 0 Å². The van der Waals surface area contributed by atoms with Crippen molar-refractivity contribution < 1.29 is 4.74 Å². The van der Waals surface area contributed by atoms with Gasteiger partial charge in [-0.3, -0.25) is 10.1 Å². The number of rotatable bonds is 2. The van der Waals surface area contributed by atoms with Crippen LogP contribution in [0.15, 0.2) is 43.0 Å². The number of hydrogen-bond donors (Lipinski definition) is 1. The Balaban J connectivity index is 1.94. The molecule has 78 valence electrons. The molecule has 5 nitrogen and oxygen atoms in total. The zero-order valence-electron chi connectivity index (χ0n) is 8.29. The molecule has 0 saturated carbocycles. The van der Waals surface area contributed by atoms with Gasteiger partial charge in [0.15, 0.2) is 0 Å². The summed E-state index contributed by atoms with van der Waals surface area (Å²) in [5, 5.41) is 7.87. The molecule has 0 aliphatic carbocycles. The third-order valence-corrected chi connectivity index (χ3v) is 2.18. The minimum atomic E-state index is 0.473. The molecule has 0 amide bonds. The van der Waals surface area contributed by atoms with Gasteiger partial charge in [0, 0.05) is 23.8 Å². The van der Waals surface area contributed by atoms with Gasteiger partial charge in [-0.2, -0.15) is 5.10 Å². The second kappa shape index (κ2) is 3.62. The fraction of sp³-hybridized carbons (Fsp3) is 0. The van der Waals surface area contributed by atoms with Crippen molar-refractivity contribution in [1.29, 1.82) is 0 Å². The maximum absolute atomic E-state index is 5.53. The smallest absolute Gasteiger partial charge is 0.237 e. The third kappa shape index (κ3) is 1.58. The summed E-state index contributed by atoms with van der Waals surface area (Å²) >= 11 is 0. The molecule has 0 saturated heterocycles. The first-order valence-electron chi connectivity index (χ1n) is 4.79. The topological polar surface area (TPSA) is 63.7 Å². The number of fused-ring (bicyclic) bond motifs is 1. The van der Waals surface area contributed by atoms with Crippen LogP contribution < -0.4 is 4.74 Å². The fourth-order valence-electron chi connectivity index (χ4n) is 1.44. The second-order valence-electron chi connectivity index (χ2n) is 3.26. The average Bonchev–Trinajstić information content (AvgIpc) is 2.77. The standard InChI is InChI=1S/C11H8N4O/c1-2-9(5-10-8(1)6-14-15-10)16-11-7-12-3-4-13-11/h1-7H,(H,14,15). The molecule has 1 aromatic carbocycles. The number of aromatic nitrogens is 4. The highest BCUT2D eigenvalue weighted by atomic mass is 16.5. The van der Waals surface area contributed by atoms with Crippen molar-refractivity contribution in [2.24, 2.45) is 0 Å². The number of benzene rings is 1. The molecule has 0 aliphatic rings. The van der Waals surface area contributed by atoms with Crippen molar-refractivity contribution in [3.63, 3.8) is 0 Å². The summed E-state index contributed by atoms with van der Waals surface area (Å²) in [6.07, 6.45) is 6.52. The zero-order valence-corrected chi connectivity index (χ0v) is 8.29. The Morgan fingerprint density at radius 2 is 2.12 bits per heavy atom. The Bertz CT molecular complexity index is 605. The van der Waals surface area contributed by atoms with E-state index in [1.54, 1.807) is 24.8 Å². The average molecular weight is 212 g/mol. The van der Waals surface area contributed by atoms with Crippen LogP contribution in [-0.4, -0.2) is 20.2 Å². The summed E-state index contributed by atoms with van der Waals surface area (Å²) in [6.45, 7) is 0. The Kier molecular flexibility index (Phi) is 2.00. The van der Waals surface area contributed by atoms with Gasteiger partial charge in [-0.25, -0.2) is 4.98 Å². The Morgan fingerprint density at radius 1 is 1.12 bits per heavy atom. The van der Waals surface area contributed by atoms with Crippen molar-refractivity contribution >= 4 is 10.9 Å². The van der Waals surface area contributed by atoms with Crippen LogP contribution >= 0.6 is 0 Å². The lowest BCUT2D eigenvalue weighted by molar-refractivity contribution is 0.461. The second-order valence-corrected chi connectivity index (χ2v) is 3.26. The van der Waals surface area contributed by atoms with Crippen molar-refractivity contribution in [3.05, 3.63) is 43.0 Å². The first-order chi connectivity index (χ1) is 7.92. The Hall–Kier alpha value is -2.43. The van der Waals surface area contributed by atoms with Gasteiger partial charge in [0.05, 0.1) is 17.9 Å². The van der Waals surface area contributed by atoms with Gasteiger partial charge in [-0.15, -0.1) is 0 Å². The number of H-pyrrole nitrogens is 1. The molecule has 5 heteroatoms. The monoisotopic (exact) mass is 212 g/mol. The number of ether oxygens (including phenoxy) is 1. The van der Waals surface area contributed by atoms with Gasteiger partial charge in [0.25, 0.3) is 0 Å². The molecule has 0 fully saturated rings. The maximum atomic E-state index is 5.53. The van der Waals surface area contributed by atoms with Gasteiger partial charge < -0.3 is 4.74 Å². The first kappa shape index (κ1) is 8.84. The highest BCUT2D eigenvalue weighted by Crippen LogP contribution is 2.22. The van der Waals surface area contributed by atoms with E-state index in [4.69, 9.17) is 4.74 Å². The fourth-order valence-corrected chi connectivity index (χ4v) is 1.44. The highest BCUT2D eigenvalue weighted by molar-refractivity contribution is 5.79. The highest BCUT2D eigenvalue weighted by Gasteiger charge is 2.00. The molecule has 2 heterocycles. The predicted molar refractivity (Wildman–Crippen MR) is 58.2 cm³/mol. The van der Waals surface area contributed by atoms with E-state index in [-0.39, 0.29) is 0 Å². The number of nitrogens with zero attached hydrogens (tertiary/aromatic N) is 3. The lowest BCUT2D eigenvalue weighted by Crippen LogP contribution is -1.87. The van der Waals surface area contributed by atoms with Crippen LogP contribution in [0.2, 0.25) is 0 Å². The van der Waals surface area contributed by atoms with E-state index < -0.39 is 0 Å². The summed E-state index contributed by atoms with van der Waals surface area (Å²) < 4.78 is 5.53. The van der Waals surface area contributed by atoms with E-state index in [9.17, 15) is 0 Å². The summed E-state index contributed by atoms with van der Waals surface area (Å²) in [5.41, 5.74) is 0.932. The molecular weight excluding hydrogens is 204 g/mol. The molecule has 0 unspecified atom stereocenters. The van der Waals surface area contributed by atoms with Crippen LogP contribution in [0.4, 0.5) is 0 Å². The Morgan fingerprint density at radius 3 is 3.00 bits per heavy atom. The van der Waals surface area contributed by atoms with Crippen molar-refractivity contribution in [3.8, 4) is 11.6 Å². The largest absolute Gasteiger partial charge is 0.437 e. The predicted octanol–water partition coefficient (Wildman–Crippen LogP) is 2.15. The van der Waals surface area contributed by atoms with Crippen LogP contribution in [-0.2, 0) is 0 Å². The van der Waals surface area contributed by atoms with E-state index in [1.165, 1.54) is 0 Å². The lowest BCUT2D eigenvalue weighted by atomic mass is 10.2. The molecular formula is C11H8N4O. The van der Waals surface area contributed by atoms with Crippen LogP contribution in [0.3, 0.4) is 0 Å². The summed E-state index contributed by atoms with van der Waals surface area (Å²) in [6, 6.07) is 5.67. The van der Waals surface area contributed by atoms with E-state index in [0.717, 1.165) is 10.9 Å². The summed E-state index contributed by atoms with van der Waals surface area (Å²) in [4.78, 5) is 7.96. The zero-order chi connectivity index (χ0) is 10.8. The van der Waals surface area contributed by atoms with Crippen LogP contribution in [0.25, 0.3) is 10.9 Å². The SMILES string of the molecule is c1cnc(Oc2ccc3cn[nH]c3c2)cn1. The molecule has 3 aromatic rings. The van der Waals surface area contributed by atoms with E-state index >= 15 is 0 Å². The molecule has 0 bridgehead atoms. The number of aromatic amines is 1. The van der Waals surface area contributed by atoms with Crippen molar-refractivity contribution in [2.45, 2.75) is 0 Å². The normalized spacial score (nSPS) is 10.5. The van der Waals surface area contributed by atoms with Gasteiger partial charge in [-0.1, -0.05) is 0 Å². The van der Waals surface area contributed by atoms with Crippen molar-refractivity contribution in [1.82, 2.24) is 20.2 Å². The summed E-state index contributed by atoms with van der Waals surface area (Å²) in [5.74, 6) is 1.18. The molecule has 0 radical (unpaired) electrons. The molecule has 0 atom stereocenters. The number of nitrogens with one attached hydrogen (secondary N) is 1. The summed E-state index contributed by atoms with van der Waals surface area (Å²) in [7, 11) is 0. The van der Waals surface area contributed by atoms with E-state index in [2.05, 4.69) is 20.2 Å². The van der Waals surface area contributed by atoms with Crippen LogP contribution in [0.5, 0.6) is 11.6 Å². The van der Waals surface area contributed by atoms with E-state index in [1.807, 2.05) is 18.2 Å². The minimum Gasteiger partial charge on any atom is -0.437 e. The minimum absolute atomic E-state index is 0.473. The quantitative estimate of drug-likeness (QED) is 0.706. The van der Waals surface area contributed by atoms with Gasteiger partial charge in [-0.05, 0) is 12.1 Å². The van der Waals surface area contributed by atoms with E-state index in [0.29, 0.717) is 11.6 Å². The molecule has 3 rings (SSSR count). The van der Waals surface area contributed by atoms with Crippen LogP contribution in [0.1, 0.15) is 0 Å². The van der Waals surface area contributed by atoms with Crippen molar-refractivity contribution in [2.75, 3.05) is 0 Å². The molecule has 2 aromatic heterocycles. The maximum Gasteiger partial charge on any atom is 0.237 e. The lowest BCUT2D eigenvalue weighted by Gasteiger charge is -2.02. The Labute approximate surface area is 91.1 Å². The molecule has 1 N–H and O–H groups in total. The first-order valence-corrected chi connectivity index (χ1v) is 4.79. The third-order valence-electron chi connectivity index (χ3n) is 2.18. The molecule has 0 spiro atoms. The van der Waals surface area contributed by atoms with Crippen LogP contribution in [0, 0.1) is 0 Å². The van der Waals surface area contributed by atoms with Gasteiger partial charge in [0.2, 0.25) is 5.88 Å².